The highest BCUT2D eigenvalue weighted by Crippen LogP contribution is 2.24. The van der Waals surface area contributed by atoms with Crippen LogP contribution in [0.4, 0.5) is 0 Å². The van der Waals surface area contributed by atoms with E-state index in [0.717, 1.165) is 16.7 Å². The topological polar surface area (TPSA) is 74.6 Å². The highest BCUT2D eigenvalue weighted by Gasteiger charge is 2.14. The molecule has 0 unspecified atom stereocenters. The van der Waals surface area contributed by atoms with Crippen molar-refractivity contribution in [2.45, 2.75) is 37.3 Å². The minimum Gasteiger partial charge on any atom is -0.324 e. The number of rotatable bonds is 5. The largest absolute Gasteiger partial charge is 0.324 e. The molecule has 98 valence electrons. The van der Waals surface area contributed by atoms with E-state index in [4.69, 9.17) is 5.73 Å². The van der Waals surface area contributed by atoms with E-state index in [-0.39, 0.29) is 0 Å². The molecule has 18 heavy (non-hydrogen) atoms. The summed E-state index contributed by atoms with van der Waals surface area (Å²) in [6, 6.07) is 0.315. The number of nitrogens with two attached hydrogens (primary N) is 1. The maximum Gasteiger partial charge on any atom is 0.191 e. The van der Waals surface area contributed by atoms with Crippen molar-refractivity contribution in [2.75, 3.05) is 0 Å². The van der Waals surface area contributed by atoms with Gasteiger partial charge in [-0.05, 0) is 13.8 Å². The Morgan fingerprint density at radius 3 is 2.72 bits per heavy atom. The number of hydrogen-bond donors (Lipinski definition) is 1. The lowest BCUT2D eigenvalue weighted by Gasteiger charge is -2.12. The molecule has 0 radical (unpaired) electrons. The highest BCUT2D eigenvalue weighted by atomic mass is 32.2. The fraction of sp³-hybridized carbons (Fsp3) is 0.545. The van der Waals surface area contributed by atoms with E-state index < -0.39 is 0 Å². The molecule has 0 bridgehead atoms. The van der Waals surface area contributed by atoms with Gasteiger partial charge >= 0.3 is 0 Å². The van der Waals surface area contributed by atoms with Crippen LogP contribution in [0.5, 0.6) is 0 Å². The molecule has 0 aliphatic heterocycles. The van der Waals surface area contributed by atoms with Gasteiger partial charge in [-0.2, -0.15) is 5.10 Å². The van der Waals surface area contributed by atoms with Crippen molar-refractivity contribution < 1.29 is 0 Å². The standard InChI is InChI=1S/C11H18N6S/c1-8(2)17-10(4-12)14-15-11(17)18-7-9-5-13-16(3)6-9/h5-6,8H,4,7,12H2,1-3H3. The fourth-order valence-electron chi connectivity index (χ4n) is 1.76. The van der Waals surface area contributed by atoms with Gasteiger partial charge < -0.3 is 10.3 Å². The zero-order valence-electron chi connectivity index (χ0n) is 10.9. The van der Waals surface area contributed by atoms with Crippen molar-refractivity contribution >= 4 is 11.8 Å². The van der Waals surface area contributed by atoms with Gasteiger partial charge in [0.25, 0.3) is 0 Å². The monoisotopic (exact) mass is 266 g/mol. The molecule has 0 spiro atoms. The maximum atomic E-state index is 5.67. The molecule has 0 aromatic carbocycles. The minimum absolute atomic E-state index is 0.315. The van der Waals surface area contributed by atoms with Gasteiger partial charge in [0.2, 0.25) is 0 Å². The Balaban J connectivity index is 2.11. The van der Waals surface area contributed by atoms with E-state index >= 15 is 0 Å². The van der Waals surface area contributed by atoms with Crippen LogP contribution in [0, 0.1) is 0 Å². The molecule has 2 rings (SSSR count). The summed E-state index contributed by atoms with van der Waals surface area (Å²) < 4.78 is 3.88. The highest BCUT2D eigenvalue weighted by molar-refractivity contribution is 7.98. The second kappa shape index (κ2) is 5.53. The van der Waals surface area contributed by atoms with Crippen LogP contribution in [0.15, 0.2) is 17.6 Å². The van der Waals surface area contributed by atoms with E-state index in [0.29, 0.717) is 12.6 Å². The molecule has 2 aromatic heterocycles. The summed E-state index contributed by atoms with van der Waals surface area (Å²) in [5, 5.41) is 13.4. The molecule has 0 saturated heterocycles. The molecule has 0 amide bonds. The van der Waals surface area contributed by atoms with Crippen LogP contribution in [0.3, 0.4) is 0 Å². The molecule has 0 atom stereocenters. The number of thioether (sulfide) groups is 1. The molecule has 2 heterocycles. The smallest absolute Gasteiger partial charge is 0.191 e. The van der Waals surface area contributed by atoms with Crippen LogP contribution in [-0.4, -0.2) is 24.5 Å². The second-order valence-electron chi connectivity index (χ2n) is 4.38. The van der Waals surface area contributed by atoms with E-state index in [1.807, 2.05) is 19.4 Å². The molecule has 0 aliphatic carbocycles. The van der Waals surface area contributed by atoms with Crippen LogP contribution in [0.25, 0.3) is 0 Å². The number of nitrogens with zero attached hydrogens (tertiary/aromatic N) is 5. The summed E-state index contributed by atoms with van der Waals surface area (Å²) >= 11 is 1.66. The summed E-state index contributed by atoms with van der Waals surface area (Å²) in [7, 11) is 1.91. The minimum atomic E-state index is 0.315. The van der Waals surface area contributed by atoms with Crippen LogP contribution < -0.4 is 5.73 Å². The first-order valence-corrected chi connectivity index (χ1v) is 6.84. The normalized spacial score (nSPS) is 11.4. The third-order valence-corrected chi connectivity index (χ3v) is 3.57. The van der Waals surface area contributed by atoms with Gasteiger partial charge in [-0.3, -0.25) is 4.68 Å². The van der Waals surface area contributed by atoms with E-state index in [2.05, 4.69) is 33.7 Å². The predicted molar refractivity (Wildman–Crippen MR) is 71.1 cm³/mol. The second-order valence-corrected chi connectivity index (χ2v) is 5.32. The first-order chi connectivity index (χ1) is 8.61. The van der Waals surface area contributed by atoms with E-state index in [9.17, 15) is 0 Å². The Hall–Kier alpha value is -1.34. The Morgan fingerprint density at radius 1 is 1.39 bits per heavy atom. The third-order valence-electron chi connectivity index (χ3n) is 2.56. The van der Waals surface area contributed by atoms with Gasteiger partial charge in [0.1, 0.15) is 5.82 Å². The molecular formula is C11H18N6S. The van der Waals surface area contributed by atoms with Gasteiger partial charge in [0.05, 0.1) is 12.7 Å². The fourth-order valence-corrected chi connectivity index (χ4v) is 2.76. The van der Waals surface area contributed by atoms with Gasteiger partial charge in [-0.15, -0.1) is 10.2 Å². The van der Waals surface area contributed by atoms with Crippen molar-refractivity contribution in [2.24, 2.45) is 12.8 Å². The van der Waals surface area contributed by atoms with Gasteiger partial charge in [-0.1, -0.05) is 11.8 Å². The summed E-state index contributed by atoms with van der Waals surface area (Å²) in [6.07, 6.45) is 3.87. The Morgan fingerprint density at radius 2 is 2.17 bits per heavy atom. The Bertz CT molecular complexity index is 515. The summed E-state index contributed by atoms with van der Waals surface area (Å²) in [6.45, 7) is 4.63. The van der Waals surface area contributed by atoms with E-state index in [1.54, 1.807) is 16.4 Å². The first-order valence-electron chi connectivity index (χ1n) is 5.86. The summed E-state index contributed by atoms with van der Waals surface area (Å²) in [5.74, 6) is 1.67. The molecule has 0 aliphatic rings. The van der Waals surface area contributed by atoms with Crippen molar-refractivity contribution in [1.29, 1.82) is 0 Å². The molecule has 0 fully saturated rings. The van der Waals surface area contributed by atoms with Crippen LogP contribution in [0.1, 0.15) is 31.3 Å². The van der Waals surface area contributed by atoms with Crippen molar-refractivity contribution in [1.82, 2.24) is 24.5 Å². The Labute approximate surface area is 111 Å². The van der Waals surface area contributed by atoms with Crippen molar-refractivity contribution in [3.63, 3.8) is 0 Å². The van der Waals surface area contributed by atoms with Gasteiger partial charge in [-0.25, -0.2) is 0 Å². The van der Waals surface area contributed by atoms with Crippen molar-refractivity contribution in [3.05, 3.63) is 23.8 Å². The van der Waals surface area contributed by atoms with Gasteiger partial charge in [0, 0.05) is 30.6 Å². The molecule has 2 N–H and O–H groups in total. The van der Waals surface area contributed by atoms with E-state index in [1.165, 1.54) is 5.56 Å². The summed E-state index contributed by atoms with van der Waals surface area (Å²) in [4.78, 5) is 0. The lowest BCUT2D eigenvalue weighted by Crippen LogP contribution is -2.11. The lowest BCUT2D eigenvalue weighted by molar-refractivity contribution is 0.526. The van der Waals surface area contributed by atoms with Gasteiger partial charge in [0.15, 0.2) is 5.16 Å². The van der Waals surface area contributed by atoms with Crippen LogP contribution >= 0.6 is 11.8 Å². The molecule has 7 heteroatoms. The summed E-state index contributed by atoms with van der Waals surface area (Å²) in [5.41, 5.74) is 6.84. The average molecular weight is 266 g/mol. The maximum absolute atomic E-state index is 5.67. The number of aromatic nitrogens is 5. The molecule has 6 nitrogen and oxygen atoms in total. The predicted octanol–water partition coefficient (Wildman–Crippen LogP) is 1.34. The molecular weight excluding hydrogens is 248 g/mol. The SMILES string of the molecule is CC(C)n1c(CN)nnc1SCc1cnn(C)c1. The van der Waals surface area contributed by atoms with Crippen LogP contribution in [0.2, 0.25) is 0 Å². The molecule has 2 aromatic rings. The number of aryl methyl sites for hydroxylation is 1. The average Bonchev–Trinajstić information content (AvgIpc) is 2.92. The zero-order chi connectivity index (χ0) is 13.1. The first kappa shape index (κ1) is 13.1. The zero-order valence-corrected chi connectivity index (χ0v) is 11.7. The lowest BCUT2D eigenvalue weighted by atomic mass is 10.4. The van der Waals surface area contributed by atoms with Crippen LogP contribution in [-0.2, 0) is 19.3 Å². The third kappa shape index (κ3) is 2.73. The number of hydrogen-bond acceptors (Lipinski definition) is 5. The quantitative estimate of drug-likeness (QED) is 0.827. The Kier molecular flexibility index (Phi) is 4.03. The molecule has 0 saturated carbocycles. The van der Waals surface area contributed by atoms with Crippen molar-refractivity contribution in [3.8, 4) is 0 Å².